The van der Waals surface area contributed by atoms with Gasteiger partial charge < -0.3 is 20.8 Å². The topological polar surface area (TPSA) is 114 Å². The average molecular weight is 593 g/mol. The molecule has 45 heavy (non-hydrogen) atoms. The van der Waals surface area contributed by atoms with Crippen LogP contribution < -0.4 is 10.6 Å². The lowest BCUT2D eigenvalue weighted by Gasteiger charge is -2.35. The molecule has 8 nitrogen and oxygen atoms in total. The third-order valence-corrected chi connectivity index (χ3v) is 7.43. The maximum atomic E-state index is 12.7. The number of rotatable bonds is 4. The molecule has 0 fully saturated rings. The van der Waals surface area contributed by atoms with Crippen molar-refractivity contribution in [1.29, 1.82) is 0 Å². The van der Waals surface area contributed by atoms with E-state index in [2.05, 4.69) is 31.0 Å². The van der Waals surface area contributed by atoms with Gasteiger partial charge in [0.1, 0.15) is 11.4 Å². The van der Waals surface area contributed by atoms with Crippen LogP contribution >= 0.6 is 0 Å². The molecule has 0 radical (unpaired) electrons. The summed E-state index contributed by atoms with van der Waals surface area (Å²) in [6.07, 6.45) is 1.47. The monoisotopic (exact) mass is 592 g/mol. The standard InChI is InChI=1S/C37H32N6O2/c1-27-26-38-42-34(28-16-6-2-7-17-28)36(44,30-20-10-4-11-21-30)39-32-24-14-15-25-33(32)40-37(45,31-22-12-5-13-23-31)35(43-41-27)29-18-8-3-9-19-29/h2-26,39-40,44-45H,1H3/b38-26+,41-27+,42-34-,43-35-. The van der Waals surface area contributed by atoms with E-state index in [1.807, 2.05) is 146 Å². The summed E-state index contributed by atoms with van der Waals surface area (Å²) in [5.74, 6) is 0. The van der Waals surface area contributed by atoms with Gasteiger partial charge in [-0.05, 0) is 19.1 Å². The van der Waals surface area contributed by atoms with Crippen molar-refractivity contribution in [1.82, 2.24) is 0 Å². The highest BCUT2D eigenvalue weighted by Crippen LogP contribution is 2.36. The van der Waals surface area contributed by atoms with Crippen molar-refractivity contribution in [2.75, 3.05) is 10.6 Å². The van der Waals surface area contributed by atoms with Crippen LogP contribution in [0.25, 0.3) is 0 Å². The molecule has 1 heterocycles. The second kappa shape index (κ2) is 12.9. The number of nitrogens with zero attached hydrogens (tertiary/aromatic N) is 4. The van der Waals surface area contributed by atoms with Gasteiger partial charge >= 0.3 is 0 Å². The van der Waals surface area contributed by atoms with Crippen molar-refractivity contribution in [2.45, 2.75) is 18.4 Å². The first kappa shape index (κ1) is 29.4. The van der Waals surface area contributed by atoms with Gasteiger partial charge in [0.05, 0.1) is 23.3 Å². The van der Waals surface area contributed by atoms with E-state index < -0.39 is 11.4 Å². The molecule has 2 unspecified atom stereocenters. The molecule has 0 saturated carbocycles. The molecule has 0 spiro atoms. The predicted molar refractivity (Wildman–Crippen MR) is 182 cm³/mol. The van der Waals surface area contributed by atoms with Gasteiger partial charge in [0.25, 0.3) is 0 Å². The Labute approximate surface area is 261 Å². The first-order valence-corrected chi connectivity index (χ1v) is 14.5. The molecule has 1 aliphatic heterocycles. The summed E-state index contributed by atoms with van der Waals surface area (Å²) < 4.78 is 0. The van der Waals surface area contributed by atoms with Crippen LogP contribution in [0, 0.1) is 0 Å². The number of anilines is 2. The highest BCUT2D eigenvalue weighted by Gasteiger charge is 2.40. The van der Waals surface area contributed by atoms with E-state index in [0.717, 1.165) is 0 Å². The predicted octanol–water partition coefficient (Wildman–Crippen LogP) is 6.55. The summed E-state index contributed by atoms with van der Waals surface area (Å²) in [4.78, 5) is 0. The Hall–Kier alpha value is -5.70. The zero-order valence-electron chi connectivity index (χ0n) is 24.6. The van der Waals surface area contributed by atoms with E-state index in [1.54, 1.807) is 6.92 Å². The Bertz CT molecular complexity index is 1880. The number of aliphatic hydroxyl groups is 2. The fourth-order valence-electron chi connectivity index (χ4n) is 5.18. The molecule has 0 aromatic heterocycles. The number of fused-ring (bicyclic) bond motifs is 1. The van der Waals surface area contributed by atoms with Gasteiger partial charge in [0.15, 0.2) is 0 Å². The quantitative estimate of drug-likeness (QED) is 0.189. The maximum Gasteiger partial charge on any atom is 0.208 e. The molecule has 0 aliphatic carbocycles. The van der Waals surface area contributed by atoms with Crippen LogP contribution in [0.3, 0.4) is 0 Å². The summed E-state index contributed by atoms with van der Waals surface area (Å²) in [5, 5.41) is 50.1. The maximum absolute atomic E-state index is 12.7. The smallest absolute Gasteiger partial charge is 0.208 e. The van der Waals surface area contributed by atoms with E-state index >= 15 is 0 Å². The first-order chi connectivity index (χ1) is 22.0. The molecule has 0 bridgehead atoms. The normalized spacial score (nSPS) is 24.5. The van der Waals surface area contributed by atoms with E-state index in [-0.39, 0.29) is 11.4 Å². The zero-order chi connectivity index (χ0) is 31.1. The fraction of sp³-hybridized carbons (Fsp3) is 0.0811. The lowest BCUT2D eigenvalue weighted by molar-refractivity contribution is 0.140. The van der Waals surface area contributed by atoms with Crippen LogP contribution in [0.2, 0.25) is 0 Å². The molecule has 5 aromatic rings. The molecular formula is C37H32N6O2. The summed E-state index contributed by atoms with van der Waals surface area (Å²) in [5.41, 5.74) is 0.645. The highest BCUT2D eigenvalue weighted by molar-refractivity contribution is 6.29. The van der Waals surface area contributed by atoms with Crippen LogP contribution in [-0.4, -0.2) is 33.6 Å². The molecule has 8 heteroatoms. The Morgan fingerprint density at radius 3 is 1.29 bits per heavy atom. The minimum absolute atomic E-state index is 0.261. The lowest BCUT2D eigenvalue weighted by atomic mass is 9.91. The molecule has 5 aromatic carbocycles. The second-order valence-electron chi connectivity index (χ2n) is 10.6. The third kappa shape index (κ3) is 6.19. The van der Waals surface area contributed by atoms with E-state index in [1.165, 1.54) is 6.21 Å². The number of para-hydroxylation sites is 2. The summed E-state index contributed by atoms with van der Waals surface area (Å²) in [7, 11) is 0. The van der Waals surface area contributed by atoms with Gasteiger partial charge in [-0.15, -0.1) is 10.2 Å². The molecule has 0 saturated heterocycles. The van der Waals surface area contributed by atoms with Crippen molar-refractivity contribution >= 4 is 34.7 Å². The molecule has 6 rings (SSSR count). The zero-order valence-corrected chi connectivity index (χ0v) is 24.6. The molecule has 222 valence electrons. The van der Waals surface area contributed by atoms with E-state index in [0.29, 0.717) is 39.3 Å². The van der Waals surface area contributed by atoms with Crippen molar-refractivity contribution in [3.63, 3.8) is 0 Å². The van der Waals surface area contributed by atoms with Gasteiger partial charge in [-0.3, -0.25) is 0 Å². The third-order valence-electron chi connectivity index (χ3n) is 7.43. The number of hydrogen-bond acceptors (Lipinski definition) is 8. The first-order valence-electron chi connectivity index (χ1n) is 14.5. The summed E-state index contributed by atoms with van der Waals surface area (Å²) >= 11 is 0. The molecule has 4 N–H and O–H groups in total. The second-order valence-corrected chi connectivity index (χ2v) is 10.6. The van der Waals surface area contributed by atoms with Gasteiger partial charge in [-0.2, -0.15) is 10.2 Å². The van der Waals surface area contributed by atoms with E-state index in [9.17, 15) is 10.2 Å². The van der Waals surface area contributed by atoms with Crippen molar-refractivity contribution in [3.8, 4) is 0 Å². The van der Waals surface area contributed by atoms with Crippen molar-refractivity contribution in [2.24, 2.45) is 20.4 Å². The van der Waals surface area contributed by atoms with Crippen LogP contribution in [0.1, 0.15) is 29.2 Å². The van der Waals surface area contributed by atoms with E-state index in [4.69, 9.17) is 0 Å². The SMILES string of the molecule is CC1=N\N=C(\c2ccccc2)C(O)(c2ccccc2)Nc2ccccc2NC(O)(c2ccccc2)/C(c2ccccc2)=N\N=C\1. The van der Waals surface area contributed by atoms with Crippen molar-refractivity contribution in [3.05, 3.63) is 168 Å². The largest absolute Gasteiger partial charge is 0.362 e. The molecular weight excluding hydrogens is 560 g/mol. The Morgan fingerprint density at radius 1 is 0.467 bits per heavy atom. The van der Waals surface area contributed by atoms with Gasteiger partial charge in [-0.1, -0.05) is 133 Å². The minimum atomic E-state index is -1.85. The Morgan fingerprint density at radius 2 is 0.844 bits per heavy atom. The van der Waals surface area contributed by atoms with Gasteiger partial charge in [0, 0.05) is 22.3 Å². The van der Waals surface area contributed by atoms with Gasteiger partial charge in [0.2, 0.25) is 11.4 Å². The Balaban J connectivity index is 1.63. The van der Waals surface area contributed by atoms with Gasteiger partial charge in [-0.25, -0.2) is 0 Å². The summed E-state index contributed by atoms with van der Waals surface area (Å²) in [6, 6.07) is 44.6. The average Bonchev–Trinajstić information content (AvgIpc) is 3.09. The molecule has 0 amide bonds. The molecule has 2 atom stereocenters. The van der Waals surface area contributed by atoms with Crippen LogP contribution in [-0.2, 0) is 11.4 Å². The van der Waals surface area contributed by atoms with Crippen LogP contribution in [0.15, 0.2) is 166 Å². The van der Waals surface area contributed by atoms with Crippen molar-refractivity contribution < 1.29 is 10.2 Å². The number of hydrogen-bond donors (Lipinski definition) is 4. The minimum Gasteiger partial charge on any atom is -0.362 e. The summed E-state index contributed by atoms with van der Waals surface area (Å²) in [6.45, 7) is 1.74. The lowest BCUT2D eigenvalue weighted by Crippen LogP contribution is -2.46. The Kier molecular flexibility index (Phi) is 8.41. The number of benzene rings is 5. The highest BCUT2D eigenvalue weighted by atomic mass is 16.3. The van der Waals surface area contributed by atoms with Crippen LogP contribution in [0.5, 0.6) is 0 Å². The molecule has 1 aliphatic rings. The van der Waals surface area contributed by atoms with Crippen LogP contribution in [0.4, 0.5) is 11.4 Å². The fourth-order valence-corrected chi connectivity index (χ4v) is 5.18. The number of nitrogens with one attached hydrogen (secondary N) is 2.